The Bertz CT molecular complexity index is 251. The maximum atomic E-state index is 9.86. The summed E-state index contributed by atoms with van der Waals surface area (Å²) >= 11 is 0. The van der Waals surface area contributed by atoms with Gasteiger partial charge in [0.2, 0.25) is 5.88 Å². The summed E-state index contributed by atoms with van der Waals surface area (Å²) < 4.78 is 9.22. The number of hydrogen-bond donors (Lipinski definition) is 0. The minimum Gasteiger partial charge on any atom is -0.480 e. The lowest BCUT2D eigenvalue weighted by molar-refractivity contribution is -0.120. The number of hydrogen-bond acceptors (Lipinski definition) is 5. The Kier molecular flexibility index (Phi) is 2.37. The molecule has 1 heterocycles. The Morgan fingerprint density at radius 3 is 3.09 bits per heavy atom. The second-order valence-electron chi connectivity index (χ2n) is 1.65. The van der Waals surface area contributed by atoms with Crippen LogP contribution in [0.25, 0.3) is 0 Å². The lowest BCUT2D eigenvalue weighted by Crippen LogP contribution is -1.93. The molecule has 11 heavy (non-hydrogen) atoms. The molecule has 1 aromatic heterocycles. The fraction of sp³-hybridized carbons (Fsp3) is 0.167. The molecule has 0 spiro atoms. The SMILES string of the molecule is COc1cc(OC=O)cnn1. The van der Waals surface area contributed by atoms with Crippen LogP contribution in [0.5, 0.6) is 11.6 Å². The standard InChI is InChI=1S/C6H6N2O3/c1-10-6-2-5(11-4-9)3-7-8-6/h2-4H,1H3. The van der Waals surface area contributed by atoms with Crippen LogP contribution in [0.2, 0.25) is 0 Å². The van der Waals surface area contributed by atoms with Crippen LogP contribution in [0, 0.1) is 0 Å². The molecule has 5 heteroatoms. The van der Waals surface area contributed by atoms with Crippen molar-refractivity contribution in [2.24, 2.45) is 0 Å². The number of rotatable bonds is 3. The number of nitrogens with zero attached hydrogens (tertiary/aromatic N) is 2. The van der Waals surface area contributed by atoms with Crippen LogP contribution >= 0.6 is 0 Å². The van der Waals surface area contributed by atoms with Gasteiger partial charge in [-0.2, -0.15) is 5.10 Å². The van der Waals surface area contributed by atoms with Gasteiger partial charge >= 0.3 is 0 Å². The summed E-state index contributed by atoms with van der Waals surface area (Å²) in [4.78, 5) is 9.86. The predicted molar refractivity (Wildman–Crippen MR) is 35.3 cm³/mol. The molecule has 1 aromatic rings. The third-order valence-corrected chi connectivity index (χ3v) is 1.00. The Balaban J connectivity index is 2.82. The highest BCUT2D eigenvalue weighted by Crippen LogP contribution is 2.12. The number of carbonyl (C=O) groups excluding carboxylic acids is 1. The smallest absolute Gasteiger partial charge is 0.298 e. The van der Waals surface area contributed by atoms with E-state index in [-0.39, 0.29) is 0 Å². The molecule has 0 radical (unpaired) electrons. The third kappa shape index (κ3) is 1.89. The number of ether oxygens (including phenoxy) is 2. The molecule has 0 unspecified atom stereocenters. The second kappa shape index (κ2) is 3.50. The zero-order valence-electron chi connectivity index (χ0n) is 5.85. The van der Waals surface area contributed by atoms with Crippen LogP contribution in [0.4, 0.5) is 0 Å². The Morgan fingerprint density at radius 2 is 2.45 bits per heavy atom. The molecular formula is C6H6N2O3. The minimum absolute atomic E-state index is 0.310. The normalized spacial score (nSPS) is 8.82. The lowest BCUT2D eigenvalue weighted by atomic mass is 10.5. The molecular weight excluding hydrogens is 148 g/mol. The van der Waals surface area contributed by atoms with Crippen LogP contribution in [-0.2, 0) is 4.79 Å². The quantitative estimate of drug-likeness (QED) is 0.574. The van der Waals surface area contributed by atoms with Crippen molar-refractivity contribution in [3.8, 4) is 11.6 Å². The van der Waals surface area contributed by atoms with Gasteiger partial charge in [-0.25, -0.2) is 0 Å². The zero-order chi connectivity index (χ0) is 8.10. The van der Waals surface area contributed by atoms with Crippen molar-refractivity contribution in [1.82, 2.24) is 10.2 Å². The van der Waals surface area contributed by atoms with Crippen LogP contribution in [0.15, 0.2) is 12.3 Å². The minimum atomic E-state index is 0.310. The summed E-state index contributed by atoms with van der Waals surface area (Å²) in [6, 6.07) is 1.46. The lowest BCUT2D eigenvalue weighted by Gasteiger charge is -1.98. The fourth-order valence-electron chi connectivity index (χ4n) is 0.550. The van der Waals surface area contributed by atoms with E-state index in [0.29, 0.717) is 18.1 Å². The van der Waals surface area contributed by atoms with Crippen LogP contribution in [0.1, 0.15) is 0 Å². The van der Waals surface area contributed by atoms with E-state index in [4.69, 9.17) is 4.74 Å². The molecule has 1 rings (SSSR count). The Labute approximate surface area is 63.0 Å². The molecule has 0 bridgehead atoms. The van der Waals surface area contributed by atoms with E-state index in [9.17, 15) is 4.79 Å². The van der Waals surface area contributed by atoms with E-state index in [1.165, 1.54) is 19.4 Å². The summed E-state index contributed by atoms with van der Waals surface area (Å²) in [7, 11) is 1.45. The van der Waals surface area contributed by atoms with Gasteiger partial charge < -0.3 is 9.47 Å². The summed E-state index contributed by atoms with van der Waals surface area (Å²) in [5, 5.41) is 7.09. The topological polar surface area (TPSA) is 61.3 Å². The predicted octanol–water partition coefficient (Wildman–Crippen LogP) is 0.0204. The van der Waals surface area contributed by atoms with Gasteiger partial charge in [0.05, 0.1) is 13.3 Å². The molecule has 0 atom stereocenters. The van der Waals surface area contributed by atoms with Crippen molar-refractivity contribution in [2.45, 2.75) is 0 Å². The van der Waals surface area contributed by atoms with E-state index in [0.717, 1.165) is 0 Å². The summed E-state index contributed by atoms with van der Waals surface area (Å²) in [6.07, 6.45) is 1.32. The van der Waals surface area contributed by atoms with Crippen molar-refractivity contribution >= 4 is 6.47 Å². The largest absolute Gasteiger partial charge is 0.480 e. The molecule has 58 valence electrons. The van der Waals surface area contributed by atoms with Crippen molar-refractivity contribution in [2.75, 3.05) is 7.11 Å². The van der Waals surface area contributed by atoms with Gasteiger partial charge in [-0.15, -0.1) is 5.10 Å². The number of carbonyl (C=O) groups is 1. The van der Waals surface area contributed by atoms with Crippen molar-refractivity contribution < 1.29 is 14.3 Å². The first kappa shape index (κ1) is 7.46. The molecule has 0 aliphatic carbocycles. The van der Waals surface area contributed by atoms with Crippen molar-refractivity contribution in [3.63, 3.8) is 0 Å². The first-order valence-corrected chi connectivity index (χ1v) is 2.84. The Hall–Kier alpha value is -1.65. The van der Waals surface area contributed by atoms with E-state index in [1.807, 2.05) is 0 Å². The van der Waals surface area contributed by atoms with Crippen molar-refractivity contribution in [3.05, 3.63) is 12.3 Å². The van der Waals surface area contributed by atoms with Gasteiger partial charge in [0.25, 0.3) is 6.47 Å². The summed E-state index contributed by atoms with van der Waals surface area (Å²) in [5.74, 6) is 0.621. The molecule has 5 nitrogen and oxygen atoms in total. The molecule has 0 saturated carbocycles. The number of aromatic nitrogens is 2. The third-order valence-electron chi connectivity index (χ3n) is 1.00. The first-order chi connectivity index (χ1) is 5.36. The maximum absolute atomic E-state index is 9.86. The van der Waals surface area contributed by atoms with Gasteiger partial charge in [-0.3, -0.25) is 4.79 Å². The Morgan fingerprint density at radius 1 is 1.64 bits per heavy atom. The highest BCUT2D eigenvalue weighted by Gasteiger charge is 1.96. The van der Waals surface area contributed by atoms with E-state index < -0.39 is 0 Å². The highest BCUT2D eigenvalue weighted by atomic mass is 16.5. The van der Waals surface area contributed by atoms with Gasteiger partial charge in [0, 0.05) is 6.07 Å². The second-order valence-corrected chi connectivity index (χ2v) is 1.65. The number of methoxy groups -OCH3 is 1. The molecule has 0 saturated heterocycles. The molecule has 0 aromatic carbocycles. The summed E-state index contributed by atoms with van der Waals surface area (Å²) in [5.41, 5.74) is 0. The van der Waals surface area contributed by atoms with E-state index in [2.05, 4.69) is 14.9 Å². The molecule has 0 aliphatic heterocycles. The molecule has 0 amide bonds. The van der Waals surface area contributed by atoms with E-state index >= 15 is 0 Å². The average Bonchev–Trinajstić information content (AvgIpc) is 2.06. The van der Waals surface area contributed by atoms with Crippen LogP contribution in [-0.4, -0.2) is 23.8 Å². The molecule has 0 aliphatic rings. The average molecular weight is 154 g/mol. The van der Waals surface area contributed by atoms with E-state index in [1.54, 1.807) is 0 Å². The van der Waals surface area contributed by atoms with Gasteiger partial charge in [-0.05, 0) is 0 Å². The molecule has 0 fully saturated rings. The monoisotopic (exact) mass is 154 g/mol. The fourth-order valence-corrected chi connectivity index (χ4v) is 0.550. The van der Waals surface area contributed by atoms with Crippen LogP contribution in [0.3, 0.4) is 0 Å². The summed E-state index contributed by atoms with van der Waals surface area (Å²) in [6.45, 7) is 0.316. The van der Waals surface area contributed by atoms with Gasteiger partial charge in [-0.1, -0.05) is 0 Å². The maximum Gasteiger partial charge on any atom is 0.298 e. The van der Waals surface area contributed by atoms with Gasteiger partial charge in [0.15, 0.2) is 5.75 Å². The first-order valence-electron chi connectivity index (χ1n) is 2.84. The highest BCUT2D eigenvalue weighted by molar-refractivity contribution is 5.44. The molecule has 0 N–H and O–H groups in total. The van der Waals surface area contributed by atoms with Crippen LogP contribution < -0.4 is 9.47 Å². The van der Waals surface area contributed by atoms with Crippen molar-refractivity contribution in [1.29, 1.82) is 0 Å². The van der Waals surface area contributed by atoms with Gasteiger partial charge in [0.1, 0.15) is 0 Å². The zero-order valence-corrected chi connectivity index (χ0v) is 5.85.